The number of Topliss-reactive ketones (excluding diaryl/α,β-unsaturated/α-hetero) is 1. The SMILES string of the molecule is NS(=O)(=O)c1ccc2c(c1)C(=O)CCC2. The number of hydrogen-bond donors (Lipinski definition) is 1. The first-order valence-corrected chi connectivity index (χ1v) is 6.22. The second kappa shape index (κ2) is 3.43. The summed E-state index contributed by atoms with van der Waals surface area (Å²) in [5.41, 5.74) is 1.42. The average molecular weight is 225 g/mol. The van der Waals surface area contributed by atoms with Crippen LogP contribution in [0.1, 0.15) is 28.8 Å². The van der Waals surface area contributed by atoms with Gasteiger partial charge in [0, 0.05) is 12.0 Å². The van der Waals surface area contributed by atoms with Gasteiger partial charge in [-0.3, -0.25) is 4.79 Å². The van der Waals surface area contributed by atoms with Crippen LogP contribution in [0.15, 0.2) is 23.1 Å². The van der Waals surface area contributed by atoms with E-state index < -0.39 is 10.0 Å². The molecular weight excluding hydrogens is 214 g/mol. The van der Waals surface area contributed by atoms with Crippen LogP contribution in [0.3, 0.4) is 0 Å². The molecule has 0 aromatic heterocycles. The summed E-state index contributed by atoms with van der Waals surface area (Å²) in [6.45, 7) is 0. The number of carbonyl (C=O) groups is 1. The van der Waals surface area contributed by atoms with Crippen molar-refractivity contribution in [2.45, 2.75) is 24.2 Å². The number of benzene rings is 1. The Labute approximate surface area is 88.1 Å². The zero-order valence-electron chi connectivity index (χ0n) is 8.06. The van der Waals surface area contributed by atoms with E-state index in [2.05, 4.69) is 0 Å². The fourth-order valence-electron chi connectivity index (χ4n) is 1.78. The highest BCUT2D eigenvalue weighted by Crippen LogP contribution is 2.23. The first kappa shape index (κ1) is 10.3. The van der Waals surface area contributed by atoms with E-state index in [9.17, 15) is 13.2 Å². The minimum Gasteiger partial charge on any atom is -0.294 e. The van der Waals surface area contributed by atoms with Crippen molar-refractivity contribution >= 4 is 15.8 Å². The highest BCUT2D eigenvalue weighted by atomic mass is 32.2. The lowest BCUT2D eigenvalue weighted by Crippen LogP contribution is -2.16. The number of primary sulfonamides is 1. The lowest BCUT2D eigenvalue weighted by molar-refractivity contribution is 0.0972. The third kappa shape index (κ3) is 1.93. The molecular formula is C10H11NO3S. The van der Waals surface area contributed by atoms with E-state index in [0.29, 0.717) is 12.0 Å². The van der Waals surface area contributed by atoms with Crippen LogP contribution in [0.4, 0.5) is 0 Å². The first-order valence-electron chi connectivity index (χ1n) is 4.67. The first-order chi connectivity index (χ1) is 6.98. The number of nitrogens with two attached hydrogens (primary N) is 1. The molecule has 0 radical (unpaired) electrons. The maximum atomic E-state index is 11.5. The Morgan fingerprint density at radius 2 is 1.93 bits per heavy atom. The largest absolute Gasteiger partial charge is 0.294 e. The summed E-state index contributed by atoms with van der Waals surface area (Å²) in [6, 6.07) is 4.51. The van der Waals surface area contributed by atoms with Crippen LogP contribution in [0.2, 0.25) is 0 Å². The molecule has 2 rings (SSSR count). The molecule has 0 heterocycles. The van der Waals surface area contributed by atoms with Crippen molar-refractivity contribution in [1.82, 2.24) is 0 Å². The Balaban J connectivity index is 2.58. The van der Waals surface area contributed by atoms with E-state index in [4.69, 9.17) is 5.14 Å². The number of fused-ring (bicyclic) bond motifs is 1. The molecule has 0 saturated heterocycles. The second-order valence-corrected chi connectivity index (χ2v) is 5.20. The zero-order valence-corrected chi connectivity index (χ0v) is 8.88. The van der Waals surface area contributed by atoms with Crippen LogP contribution < -0.4 is 5.14 Å². The molecule has 0 atom stereocenters. The quantitative estimate of drug-likeness (QED) is 0.769. The number of ketones is 1. The minimum absolute atomic E-state index is 0.00162. The number of carbonyl (C=O) groups excluding carboxylic acids is 1. The van der Waals surface area contributed by atoms with E-state index >= 15 is 0 Å². The van der Waals surface area contributed by atoms with Gasteiger partial charge in [0.05, 0.1) is 4.90 Å². The van der Waals surface area contributed by atoms with Crippen LogP contribution >= 0.6 is 0 Å². The molecule has 0 fully saturated rings. The number of sulfonamides is 1. The van der Waals surface area contributed by atoms with Gasteiger partial charge in [0.1, 0.15) is 0 Å². The van der Waals surface area contributed by atoms with Crippen LogP contribution in [0, 0.1) is 0 Å². The van der Waals surface area contributed by atoms with Crippen molar-refractivity contribution in [3.63, 3.8) is 0 Å². The van der Waals surface area contributed by atoms with Gasteiger partial charge in [-0.25, -0.2) is 13.6 Å². The van der Waals surface area contributed by atoms with Crippen LogP contribution in [0.25, 0.3) is 0 Å². The summed E-state index contributed by atoms with van der Waals surface area (Å²) in [6.07, 6.45) is 2.15. The van der Waals surface area contributed by atoms with Crippen molar-refractivity contribution in [3.8, 4) is 0 Å². The van der Waals surface area contributed by atoms with Gasteiger partial charge in [0.25, 0.3) is 0 Å². The molecule has 0 saturated carbocycles. The topological polar surface area (TPSA) is 77.2 Å². The molecule has 0 unspecified atom stereocenters. The Morgan fingerprint density at radius 3 is 2.60 bits per heavy atom. The van der Waals surface area contributed by atoms with E-state index in [1.807, 2.05) is 0 Å². The third-order valence-electron chi connectivity index (χ3n) is 2.56. The molecule has 1 aliphatic carbocycles. The molecule has 2 N–H and O–H groups in total. The molecule has 5 heteroatoms. The fourth-order valence-corrected chi connectivity index (χ4v) is 2.32. The third-order valence-corrected chi connectivity index (χ3v) is 3.47. The summed E-state index contributed by atoms with van der Waals surface area (Å²) >= 11 is 0. The highest BCUT2D eigenvalue weighted by Gasteiger charge is 2.19. The summed E-state index contributed by atoms with van der Waals surface area (Å²) in [5, 5.41) is 5.00. The van der Waals surface area contributed by atoms with Gasteiger partial charge in [-0.1, -0.05) is 6.07 Å². The van der Waals surface area contributed by atoms with Crippen molar-refractivity contribution in [1.29, 1.82) is 0 Å². The maximum absolute atomic E-state index is 11.5. The average Bonchev–Trinajstić information content (AvgIpc) is 2.16. The van der Waals surface area contributed by atoms with E-state index in [1.165, 1.54) is 12.1 Å². The van der Waals surface area contributed by atoms with Gasteiger partial charge in [-0.05, 0) is 30.5 Å². The van der Waals surface area contributed by atoms with Gasteiger partial charge < -0.3 is 0 Å². The van der Waals surface area contributed by atoms with E-state index in [0.717, 1.165) is 18.4 Å². The molecule has 80 valence electrons. The highest BCUT2D eigenvalue weighted by molar-refractivity contribution is 7.89. The summed E-state index contributed by atoms with van der Waals surface area (Å²) in [4.78, 5) is 11.5. The van der Waals surface area contributed by atoms with Crippen molar-refractivity contribution < 1.29 is 13.2 Å². The number of rotatable bonds is 1. The lowest BCUT2D eigenvalue weighted by atomic mass is 9.91. The molecule has 0 amide bonds. The standard InChI is InChI=1S/C10H11NO3S/c11-15(13,14)8-5-4-7-2-1-3-10(12)9(7)6-8/h4-6H,1-3H2,(H2,11,13,14). The van der Waals surface area contributed by atoms with Crippen LogP contribution in [-0.2, 0) is 16.4 Å². The molecule has 0 aliphatic heterocycles. The van der Waals surface area contributed by atoms with Gasteiger partial charge >= 0.3 is 0 Å². The van der Waals surface area contributed by atoms with Crippen LogP contribution in [0.5, 0.6) is 0 Å². The number of hydrogen-bond acceptors (Lipinski definition) is 3. The molecule has 0 spiro atoms. The monoisotopic (exact) mass is 225 g/mol. The second-order valence-electron chi connectivity index (χ2n) is 3.64. The lowest BCUT2D eigenvalue weighted by Gasteiger charge is -2.14. The molecule has 1 aromatic carbocycles. The van der Waals surface area contributed by atoms with E-state index in [-0.39, 0.29) is 10.7 Å². The van der Waals surface area contributed by atoms with Gasteiger partial charge in [-0.2, -0.15) is 0 Å². The molecule has 0 bridgehead atoms. The molecule has 1 aromatic rings. The summed E-state index contributed by atoms with van der Waals surface area (Å²) in [7, 11) is -3.71. The van der Waals surface area contributed by atoms with Crippen molar-refractivity contribution in [2.75, 3.05) is 0 Å². The van der Waals surface area contributed by atoms with Crippen LogP contribution in [-0.4, -0.2) is 14.2 Å². The molecule has 1 aliphatic rings. The smallest absolute Gasteiger partial charge is 0.238 e. The van der Waals surface area contributed by atoms with Gasteiger partial charge in [0.15, 0.2) is 5.78 Å². The van der Waals surface area contributed by atoms with Gasteiger partial charge in [-0.15, -0.1) is 0 Å². The maximum Gasteiger partial charge on any atom is 0.238 e. The summed E-state index contributed by atoms with van der Waals surface area (Å²) < 4.78 is 22.2. The normalized spacial score (nSPS) is 16.2. The molecule has 15 heavy (non-hydrogen) atoms. The predicted molar refractivity (Wildman–Crippen MR) is 55.1 cm³/mol. The van der Waals surface area contributed by atoms with E-state index in [1.54, 1.807) is 6.07 Å². The Morgan fingerprint density at radius 1 is 1.20 bits per heavy atom. The summed E-state index contributed by atoms with van der Waals surface area (Å²) in [5.74, 6) is 0.00162. The van der Waals surface area contributed by atoms with Crippen molar-refractivity contribution in [3.05, 3.63) is 29.3 Å². The van der Waals surface area contributed by atoms with Crippen molar-refractivity contribution in [2.24, 2.45) is 5.14 Å². The Bertz CT molecular complexity index is 519. The molecule has 4 nitrogen and oxygen atoms in total. The Hall–Kier alpha value is -1.20. The zero-order chi connectivity index (χ0) is 11.1. The number of aryl methyl sites for hydroxylation is 1. The fraction of sp³-hybridized carbons (Fsp3) is 0.300. The predicted octanol–water partition coefficient (Wildman–Crippen LogP) is 0.853. The minimum atomic E-state index is -3.71. The Kier molecular flexibility index (Phi) is 2.36. The van der Waals surface area contributed by atoms with Gasteiger partial charge in [0.2, 0.25) is 10.0 Å².